The van der Waals surface area contributed by atoms with Gasteiger partial charge in [-0.2, -0.15) is 5.26 Å². The fraction of sp³-hybridized carbons (Fsp3) is 0.250. The van der Waals surface area contributed by atoms with Crippen molar-refractivity contribution >= 4 is 0 Å². The van der Waals surface area contributed by atoms with E-state index in [0.717, 1.165) is 11.3 Å². The van der Waals surface area contributed by atoms with Crippen molar-refractivity contribution in [3.63, 3.8) is 0 Å². The summed E-state index contributed by atoms with van der Waals surface area (Å²) in [7, 11) is 0. The van der Waals surface area contributed by atoms with Gasteiger partial charge in [-0.15, -0.1) is 0 Å². The second-order valence-corrected chi connectivity index (χ2v) is 3.15. The minimum atomic E-state index is -0.0392. The standard InChI is InChI=1S/C12H13NO/c1-4-10(3)14-12-7-11(8-13)6-5-9(12)2/h4-7,10H,1H2,2-3H3. The molecule has 0 aliphatic rings. The van der Waals surface area contributed by atoms with Gasteiger partial charge in [0.25, 0.3) is 0 Å². The number of rotatable bonds is 3. The van der Waals surface area contributed by atoms with Gasteiger partial charge in [0, 0.05) is 0 Å². The van der Waals surface area contributed by atoms with E-state index in [4.69, 9.17) is 10.00 Å². The third-order valence-corrected chi connectivity index (χ3v) is 1.96. The first kappa shape index (κ1) is 10.3. The Bertz CT molecular complexity index is 376. The predicted molar refractivity (Wildman–Crippen MR) is 56.2 cm³/mol. The molecule has 1 rings (SSSR count). The Balaban J connectivity index is 2.96. The van der Waals surface area contributed by atoms with Crippen molar-refractivity contribution in [2.24, 2.45) is 0 Å². The Morgan fingerprint density at radius 3 is 2.86 bits per heavy atom. The summed E-state index contributed by atoms with van der Waals surface area (Å²) >= 11 is 0. The van der Waals surface area contributed by atoms with Gasteiger partial charge in [0.15, 0.2) is 0 Å². The number of benzene rings is 1. The summed E-state index contributed by atoms with van der Waals surface area (Å²) < 4.78 is 5.57. The number of hydrogen-bond acceptors (Lipinski definition) is 2. The Kier molecular flexibility index (Phi) is 3.30. The number of aryl methyl sites for hydroxylation is 1. The summed E-state index contributed by atoms with van der Waals surface area (Å²) in [6, 6.07) is 7.48. The molecule has 0 heterocycles. The summed E-state index contributed by atoms with van der Waals surface area (Å²) in [6.07, 6.45) is 1.68. The molecule has 1 unspecified atom stereocenters. The van der Waals surface area contributed by atoms with Crippen LogP contribution in [0.1, 0.15) is 18.1 Å². The maximum absolute atomic E-state index is 8.72. The third-order valence-electron chi connectivity index (χ3n) is 1.96. The van der Waals surface area contributed by atoms with Gasteiger partial charge in [-0.1, -0.05) is 18.7 Å². The van der Waals surface area contributed by atoms with E-state index in [0.29, 0.717) is 5.56 Å². The number of nitriles is 1. The molecular weight excluding hydrogens is 174 g/mol. The molecule has 1 aromatic rings. The Labute approximate surface area is 84.4 Å². The van der Waals surface area contributed by atoms with Crippen LogP contribution in [0.5, 0.6) is 5.75 Å². The van der Waals surface area contributed by atoms with E-state index in [2.05, 4.69) is 12.6 Å². The van der Waals surface area contributed by atoms with Crippen LogP contribution in [0.3, 0.4) is 0 Å². The van der Waals surface area contributed by atoms with Crippen molar-refractivity contribution < 1.29 is 4.74 Å². The van der Waals surface area contributed by atoms with Gasteiger partial charge in [0.05, 0.1) is 11.6 Å². The second kappa shape index (κ2) is 4.48. The molecule has 0 aliphatic heterocycles. The molecule has 2 heteroatoms. The van der Waals surface area contributed by atoms with Gasteiger partial charge < -0.3 is 4.74 Å². The summed E-state index contributed by atoms with van der Waals surface area (Å²) in [5.41, 5.74) is 1.64. The molecule has 0 saturated heterocycles. The van der Waals surface area contributed by atoms with E-state index in [1.54, 1.807) is 18.2 Å². The van der Waals surface area contributed by atoms with Crippen LogP contribution < -0.4 is 4.74 Å². The first-order valence-electron chi connectivity index (χ1n) is 4.47. The molecular formula is C12H13NO. The molecule has 0 aliphatic carbocycles. The lowest BCUT2D eigenvalue weighted by atomic mass is 10.1. The monoisotopic (exact) mass is 187 g/mol. The lowest BCUT2D eigenvalue weighted by molar-refractivity contribution is 0.268. The van der Waals surface area contributed by atoms with Crippen molar-refractivity contribution in [1.29, 1.82) is 5.26 Å². The normalized spacial score (nSPS) is 11.5. The Morgan fingerprint density at radius 2 is 2.29 bits per heavy atom. The predicted octanol–water partition coefficient (Wildman–Crippen LogP) is 2.82. The van der Waals surface area contributed by atoms with Gasteiger partial charge in [0.2, 0.25) is 0 Å². The lowest BCUT2D eigenvalue weighted by Crippen LogP contribution is -2.08. The highest BCUT2D eigenvalue weighted by Gasteiger charge is 2.03. The molecule has 0 bridgehead atoms. The van der Waals surface area contributed by atoms with E-state index in [-0.39, 0.29) is 6.10 Å². The maximum Gasteiger partial charge on any atom is 0.124 e. The van der Waals surface area contributed by atoms with Gasteiger partial charge >= 0.3 is 0 Å². The zero-order valence-electron chi connectivity index (χ0n) is 8.45. The van der Waals surface area contributed by atoms with Crippen LogP contribution in [-0.4, -0.2) is 6.10 Å². The van der Waals surface area contributed by atoms with Gasteiger partial charge in [-0.3, -0.25) is 0 Å². The molecule has 0 aromatic heterocycles. The van der Waals surface area contributed by atoms with E-state index in [1.807, 2.05) is 19.9 Å². The Morgan fingerprint density at radius 1 is 1.57 bits per heavy atom. The summed E-state index contributed by atoms with van der Waals surface area (Å²) in [4.78, 5) is 0. The van der Waals surface area contributed by atoms with Crippen LogP contribution >= 0.6 is 0 Å². The molecule has 0 saturated carbocycles. The zero-order valence-corrected chi connectivity index (χ0v) is 8.45. The van der Waals surface area contributed by atoms with Crippen molar-refractivity contribution in [1.82, 2.24) is 0 Å². The molecule has 0 fully saturated rings. The van der Waals surface area contributed by atoms with Crippen LogP contribution in [0, 0.1) is 18.3 Å². The van der Waals surface area contributed by atoms with Crippen molar-refractivity contribution in [2.75, 3.05) is 0 Å². The average molecular weight is 187 g/mol. The largest absolute Gasteiger partial charge is 0.486 e. The highest BCUT2D eigenvalue weighted by Crippen LogP contribution is 2.20. The van der Waals surface area contributed by atoms with Crippen LogP contribution in [0.15, 0.2) is 30.9 Å². The summed E-state index contributed by atoms with van der Waals surface area (Å²) in [6.45, 7) is 7.50. The van der Waals surface area contributed by atoms with Crippen LogP contribution in [0.25, 0.3) is 0 Å². The van der Waals surface area contributed by atoms with Gasteiger partial charge in [0.1, 0.15) is 11.9 Å². The smallest absolute Gasteiger partial charge is 0.124 e. The average Bonchev–Trinajstić information content (AvgIpc) is 2.21. The number of ether oxygens (including phenoxy) is 1. The lowest BCUT2D eigenvalue weighted by Gasteiger charge is -2.12. The molecule has 0 radical (unpaired) electrons. The minimum absolute atomic E-state index is 0.0392. The van der Waals surface area contributed by atoms with E-state index in [9.17, 15) is 0 Å². The van der Waals surface area contributed by atoms with E-state index < -0.39 is 0 Å². The highest BCUT2D eigenvalue weighted by atomic mass is 16.5. The maximum atomic E-state index is 8.72. The molecule has 2 nitrogen and oxygen atoms in total. The second-order valence-electron chi connectivity index (χ2n) is 3.15. The van der Waals surface area contributed by atoms with E-state index in [1.165, 1.54) is 0 Å². The molecule has 0 amide bonds. The Hall–Kier alpha value is -1.75. The molecule has 72 valence electrons. The SMILES string of the molecule is C=CC(C)Oc1cc(C#N)ccc1C. The topological polar surface area (TPSA) is 33.0 Å². The summed E-state index contributed by atoms with van der Waals surface area (Å²) in [5, 5.41) is 8.72. The van der Waals surface area contributed by atoms with Crippen LogP contribution in [0.2, 0.25) is 0 Å². The molecule has 0 spiro atoms. The quantitative estimate of drug-likeness (QED) is 0.682. The fourth-order valence-corrected chi connectivity index (χ4v) is 1.04. The number of hydrogen-bond donors (Lipinski definition) is 0. The van der Waals surface area contributed by atoms with Crippen molar-refractivity contribution in [3.05, 3.63) is 42.0 Å². The molecule has 1 atom stereocenters. The first-order chi connectivity index (χ1) is 6.67. The molecule has 14 heavy (non-hydrogen) atoms. The third kappa shape index (κ3) is 2.37. The van der Waals surface area contributed by atoms with E-state index >= 15 is 0 Å². The van der Waals surface area contributed by atoms with Gasteiger partial charge in [-0.25, -0.2) is 0 Å². The highest BCUT2D eigenvalue weighted by molar-refractivity contribution is 5.41. The summed E-state index contributed by atoms with van der Waals surface area (Å²) in [5.74, 6) is 0.747. The van der Waals surface area contributed by atoms with Crippen LogP contribution in [-0.2, 0) is 0 Å². The molecule has 0 N–H and O–H groups in total. The van der Waals surface area contributed by atoms with Crippen LogP contribution in [0.4, 0.5) is 0 Å². The van der Waals surface area contributed by atoms with Gasteiger partial charge in [-0.05, 0) is 31.5 Å². The number of nitrogens with zero attached hydrogens (tertiary/aromatic N) is 1. The van der Waals surface area contributed by atoms with Crippen molar-refractivity contribution in [3.8, 4) is 11.8 Å². The zero-order chi connectivity index (χ0) is 10.6. The van der Waals surface area contributed by atoms with Crippen molar-refractivity contribution in [2.45, 2.75) is 20.0 Å². The first-order valence-corrected chi connectivity index (χ1v) is 4.47. The molecule has 1 aromatic carbocycles. The minimum Gasteiger partial charge on any atom is -0.486 e. The fourth-order valence-electron chi connectivity index (χ4n) is 1.04.